The Morgan fingerprint density at radius 3 is 2.57 bits per heavy atom. The third-order valence-corrected chi connectivity index (χ3v) is 3.78. The van der Waals surface area contributed by atoms with Crippen LogP contribution in [0.2, 0.25) is 0 Å². The number of para-hydroxylation sites is 1. The van der Waals surface area contributed by atoms with Gasteiger partial charge in [0, 0.05) is 19.3 Å². The number of hydrogen-bond donors (Lipinski definition) is 0. The summed E-state index contributed by atoms with van der Waals surface area (Å²) in [5.74, 6) is 0.437. The first kappa shape index (κ1) is 15.6. The molecule has 5 heteroatoms. The topological polar surface area (TPSA) is 38.1 Å². The summed E-state index contributed by atoms with van der Waals surface area (Å²) >= 11 is 1.54. The maximum absolute atomic E-state index is 12.7. The first-order valence-electron chi connectivity index (χ1n) is 6.97. The van der Waals surface area contributed by atoms with Crippen molar-refractivity contribution in [2.45, 2.75) is 19.0 Å². The maximum atomic E-state index is 12.7. The Bertz CT molecular complexity index is 607. The number of rotatable bonds is 5. The standard InChI is InChI=1S/C16H21N3OS/c1-12(2)11-18(3)15(20)14-10-17-16(21-4)19(14)13-8-6-5-7-9-13/h5-10,12H,11H2,1-4H3. The van der Waals surface area contributed by atoms with Gasteiger partial charge in [-0.1, -0.05) is 43.8 Å². The Morgan fingerprint density at radius 2 is 2.00 bits per heavy atom. The zero-order valence-corrected chi connectivity index (χ0v) is 13.7. The summed E-state index contributed by atoms with van der Waals surface area (Å²) in [7, 11) is 1.84. The van der Waals surface area contributed by atoms with Crippen molar-refractivity contribution in [1.29, 1.82) is 0 Å². The molecule has 0 bridgehead atoms. The van der Waals surface area contributed by atoms with Gasteiger partial charge < -0.3 is 4.90 Å². The minimum Gasteiger partial charge on any atom is -0.340 e. The van der Waals surface area contributed by atoms with Crippen molar-refractivity contribution >= 4 is 17.7 Å². The fourth-order valence-corrected chi connectivity index (χ4v) is 2.83. The van der Waals surface area contributed by atoms with Crippen LogP contribution in [-0.2, 0) is 0 Å². The maximum Gasteiger partial charge on any atom is 0.272 e. The fraction of sp³-hybridized carbons (Fsp3) is 0.375. The number of nitrogens with zero attached hydrogens (tertiary/aromatic N) is 3. The molecule has 1 amide bonds. The number of hydrogen-bond acceptors (Lipinski definition) is 3. The van der Waals surface area contributed by atoms with Gasteiger partial charge >= 0.3 is 0 Å². The van der Waals surface area contributed by atoms with E-state index >= 15 is 0 Å². The van der Waals surface area contributed by atoms with Gasteiger partial charge in [0.1, 0.15) is 5.69 Å². The predicted octanol–water partition coefficient (Wildman–Crippen LogP) is 3.32. The highest BCUT2D eigenvalue weighted by Gasteiger charge is 2.20. The van der Waals surface area contributed by atoms with E-state index in [1.54, 1.807) is 11.1 Å². The van der Waals surface area contributed by atoms with E-state index in [0.29, 0.717) is 11.6 Å². The van der Waals surface area contributed by atoms with Crippen LogP contribution in [0.3, 0.4) is 0 Å². The predicted molar refractivity (Wildman–Crippen MR) is 87.1 cm³/mol. The van der Waals surface area contributed by atoms with E-state index in [0.717, 1.165) is 17.4 Å². The SMILES string of the molecule is CSc1ncc(C(=O)N(C)CC(C)C)n1-c1ccccc1. The van der Waals surface area contributed by atoms with E-state index < -0.39 is 0 Å². The van der Waals surface area contributed by atoms with Crippen LogP contribution in [0.1, 0.15) is 24.3 Å². The van der Waals surface area contributed by atoms with Gasteiger partial charge in [0.05, 0.1) is 6.20 Å². The van der Waals surface area contributed by atoms with Gasteiger partial charge in [0.2, 0.25) is 0 Å². The molecule has 4 nitrogen and oxygen atoms in total. The zero-order chi connectivity index (χ0) is 15.4. The van der Waals surface area contributed by atoms with E-state index in [2.05, 4.69) is 18.8 Å². The highest BCUT2D eigenvalue weighted by molar-refractivity contribution is 7.98. The second-order valence-corrected chi connectivity index (χ2v) is 6.15. The molecule has 0 saturated heterocycles. The lowest BCUT2D eigenvalue weighted by molar-refractivity contribution is 0.0770. The van der Waals surface area contributed by atoms with Crippen LogP contribution in [-0.4, -0.2) is 40.2 Å². The quantitative estimate of drug-likeness (QED) is 0.795. The van der Waals surface area contributed by atoms with Crippen molar-refractivity contribution in [2.75, 3.05) is 19.8 Å². The lowest BCUT2D eigenvalue weighted by Gasteiger charge is -2.20. The highest BCUT2D eigenvalue weighted by Crippen LogP contribution is 2.22. The lowest BCUT2D eigenvalue weighted by Crippen LogP contribution is -2.31. The van der Waals surface area contributed by atoms with Crippen LogP contribution in [0.4, 0.5) is 0 Å². The molecule has 0 N–H and O–H groups in total. The molecule has 1 aromatic heterocycles. The minimum absolute atomic E-state index is 0.000327. The number of amides is 1. The zero-order valence-electron chi connectivity index (χ0n) is 12.9. The largest absolute Gasteiger partial charge is 0.340 e. The highest BCUT2D eigenvalue weighted by atomic mass is 32.2. The molecule has 2 aromatic rings. The van der Waals surface area contributed by atoms with E-state index in [-0.39, 0.29) is 5.91 Å². The van der Waals surface area contributed by atoms with Gasteiger partial charge in [-0.3, -0.25) is 9.36 Å². The second-order valence-electron chi connectivity index (χ2n) is 5.38. The van der Waals surface area contributed by atoms with E-state index in [1.807, 2.05) is 48.2 Å². The normalized spacial score (nSPS) is 10.9. The Hall–Kier alpha value is -1.75. The Labute approximate surface area is 130 Å². The van der Waals surface area contributed by atoms with Crippen molar-refractivity contribution in [2.24, 2.45) is 5.92 Å². The van der Waals surface area contributed by atoms with E-state index in [4.69, 9.17) is 0 Å². The van der Waals surface area contributed by atoms with Crippen LogP contribution >= 0.6 is 11.8 Å². The third kappa shape index (κ3) is 3.47. The molecular formula is C16H21N3OS. The average Bonchev–Trinajstić information content (AvgIpc) is 2.90. The van der Waals surface area contributed by atoms with Crippen LogP contribution < -0.4 is 0 Å². The molecule has 112 valence electrons. The summed E-state index contributed by atoms with van der Waals surface area (Å²) in [5, 5.41) is 0.822. The summed E-state index contributed by atoms with van der Waals surface area (Å²) < 4.78 is 1.92. The molecule has 0 aliphatic heterocycles. The van der Waals surface area contributed by atoms with Crippen LogP contribution in [0, 0.1) is 5.92 Å². The molecular weight excluding hydrogens is 282 g/mol. The number of carbonyl (C=O) groups excluding carboxylic acids is 1. The van der Waals surface area contributed by atoms with Gasteiger partial charge in [0.15, 0.2) is 5.16 Å². The molecule has 2 rings (SSSR count). The third-order valence-electron chi connectivity index (χ3n) is 3.13. The van der Waals surface area contributed by atoms with Crippen molar-refractivity contribution in [3.63, 3.8) is 0 Å². The lowest BCUT2D eigenvalue weighted by atomic mass is 10.2. The monoisotopic (exact) mass is 303 g/mol. The summed E-state index contributed by atoms with van der Waals surface area (Å²) in [6.07, 6.45) is 3.63. The summed E-state index contributed by atoms with van der Waals surface area (Å²) in [6.45, 7) is 4.94. The van der Waals surface area contributed by atoms with Gasteiger partial charge in [-0.2, -0.15) is 0 Å². The van der Waals surface area contributed by atoms with Gasteiger partial charge in [-0.25, -0.2) is 4.98 Å². The molecule has 0 radical (unpaired) electrons. The molecule has 0 aliphatic rings. The first-order valence-corrected chi connectivity index (χ1v) is 8.19. The smallest absolute Gasteiger partial charge is 0.272 e. The molecule has 0 unspecified atom stereocenters. The molecule has 1 heterocycles. The fourth-order valence-electron chi connectivity index (χ4n) is 2.28. The summed E-state index contributed by atoms with van der Waals surface area (Å²) in [6, 6.07) is 9.86. The minimum atomic E-state index is 0.000327. The molecule has 0 fully saturated rings. The van der Waals surface area contributed by atoms with Crippen molar-refractivity contribution in [1.82, 2.24) is 14.5 Å². The summed E-state index contributed by atoms with van der Waals surface area (Å²) in [5.41, 5.74) is 1.56. The van der Waals surface area contributed by atoms with Gasteiger partial charge in [0.25, 0.3) is 5.91 Å². The molecule has 0 atom stereocenters. The molecule has 0 spiro atoms. The number of carbonyl (C=O) groups is 1. The van der Waals surface area contributed by atoms with Crippen LogP contribution in [0.5, 0.6) is 0 Å². The second kappa shape index (κ2) is 6.80. The number of aromatic nitrogens is 2. The van der Waals surface area contributed by atoms with E-state index in [1.165, 1.54) is 11.8 Å². The van der Waals surface area contributed by atoms with Crippen molar-refractivity contribution < 1.29 is 4.79 Å². The molecule has 0 saturated carbocycles. The number of benzene rings is 1. The number of imidazole rings is 1. The molecule has 21 heavy (non-hydrogen) atoms. The van der Waals surface area contributed by atoms with Gasteiger partial charge in [-0.05, 0) is 24.3 Å². The van der Waals surface area contributed by atoms with E-state index in [9.17, 15) is 4.79 Å². The Morgan fingerprint density at radius 1 is 1.33 bits per heavy atom. The first-order chi connectivity index (χ1) is 10.0. The van der Waals surface area contributed by atoms with Crippen LogP contribution in [0.25, 0.3) is 5.69 Å². The van der Waals surface area contributed by atoms with Gasteiger partial charge in [-0.15, -0.1) is 0 Å². The van der Waals surface area contributed by atoms with Crippen molar-refractivity contribution in [3.8, 4) is 5.69 Å². The average molecular weight is 303 g/mol. The Balaban J connectivity index is 2.41. The Kier molecular flexibility index (Phi) is 5.07. The van der Waals surface area contributed by atoms with Crippen LogP contribution in [0.15, 0.2) is 41.7 Å². The molecule has 1 aromatic carbocycles. The summed E-state index contributed by atoms with van der Waals surface area (Å²) in [4.78, 5) is 18.8. The molecule has 0 aliphatic carbocycles. The van der Waals surface area contributed by atoms with Crippen molar-refractivity contribution in [3.05, 3.63) is 42.2 Å². The number of thioether (sulfide) groups is 1.